The number of ketones is 1. The largest absolute Gasteiger partial charge is 0.327 e. The van der Waals surface area contributed by atoms with E-state index >= 15 is 0 Å². The van der Waals surface area contributed by atoms with E-state index in [2.05, 4.69) is 65.8 Å². The molecule has 0 bridgehead atoms. The molecule has 0 atom stereocenters. The Morgan fingerprint density at radius 2 is 1.19 bits per heavy atom. The molecule has 2 N–H and O–H groups in total. The average molecular weight is 516 g/mol. The summed E-state index contributed by atoms with van der Waals surface area (Å²) < 4.78 is 23.4. The summed E-state index contributed by atoms with van der Waals surface area (Å²) >= 11 is 0. The number of aldehydes is 2. The Balaban J connectivity index is -0.0000000946. The van der Waals surface area contributed by atoms with Gasteiger partial charge in [-0.1, -0.05) is 82.9 Å². The van der Waals surface area contributed by atoms with Crippen LogP contribution in [0.1, 0.15) is 20.8 Å². The van der Waals surface area contributed by atoms with Gasteiger partial charge in [-0.3, -0.25) is 9.59 Å². The smallest absolute Gasteiger partial charge is 0.191 e. The zero-order valence-electron chi connectivity index (χ0n) is 21.3. The second kappa shape index (κ2) is 36.3. The van der Waals surface area contributed by atoms with Crippen LogP contribution in [-0.2, 0) is 14.4 Å². The molecule has 0 fully saturated rings. The SMILES string of the molecule is C.C=C.C=C.C=C(C)/C=C\C(=C)C(=O)C(=C)/C=C\CN.C=C(F)/C=C\C(=C)C=O.C=C(F)/C=C\CC=O. The number of carbonyl (C=O) groups is 3. The van der Waals surface area contributed by atoms with E-state index in [1.807, 2.05) is 6.92 Å². The molecule has 0 aliphatic rings. The molecule has 0 heterocycles. The van der Waals surface area contributed by atoms with Crippen molar-refractivity contribution in [2.24, 2.45) is 5.73 Å². The Labute approximate surface area is 223 Å². The number of hydrogen-bond acceptors (Lipinski definition) is 4. The van der Waals surface area contributed by atoms with Gasteiger partial charge in [0, 0.05) is 29.7 Å². The van der Waals surface area contributed by atoms with Crippen molar-refractivity contribution in [3.63, 3.8) is 0 Å². The van der Waals surface area contributed by atoms with Crippen molar-refractivity contribution in [3.05, 3.63) is 148 Å². The number of hydrogen-bond donors (Lipinski definition) is 1. The van der Waals surface area contributed by atoms with Crippen LogP contribution < -0.4 is 5.73 Å². The first-order chi connectivity index (χ1) is 16.9. The second-order valence-electron chi connectivity index (χ2n) is 5.92. The molecule has 4 nitrogen and oxygen atoms in total. The first kappa shape index (κ1) is 46.1. The van der Waals surface area contributed by atoms with E-state index in [-0.39, 0.29) is 25.2 Å². The maximum Gasteiger partial charge on any atom is 0.191 e. The number of rotatable bonds is 12. The zero-order valence-corrected chi connectivity index (χ0v) is 21.3. The fourth-order valence-electron chi connectivity index (χ4n) is 1.30. The van der Waals surface area contributed by atoms with E-state index in [1.54, 1.807) is 24.3 Å². The van der Waals surface area contributed by atoms with Crippen molar-refractivity contribution in [2.45, 2.75) is 20.8 Å². The number of Topliss-reactive ketones (excluding diaryl/α,β-unsaturated/α-hetero) is 1. The first-order valence-corrected chi connectivity index (χ1v) is 10.2. The van der Waals surface area contributed by atoms with Crippen LogP contribution in [0.3, 0.4) is 0 Å². The highest BCUT2D eigenvalue weighted by atomic mass is 19.1. The van der Waals surface area contributed by atoms with Crippen LogP contribution in [-0.4, -0.2) is 24.9 Å². The normalized spacial score (nSPS) is 8.97. The molecular weight excluding hydrogens is 472 g/mol. The fraction of sp³-hybridized carbons (Fsp3) is 0.129. The topological polar surface area (TPSA) is 77.2 Å². The van der Waals surface area contributed by atoms with Crippen LogP contribution in [0.25, 0.3) is 0 Å². The summed E-state index contributed by atoms with van der Waals surface area (Å²) in [6.07, 6.45) is 13.0. The van der Waals surface area contributed by atoms with E-state index in [9.17, 15) is 23.2 Å². The highest BCUT2D eigenvalue weighted by Crippen LogP contribution is 2.06. The number of halogens is 2. The van der Waals surface area contributed by atoms with Gasteiger partial charge in [0.15, 0.2) is 5.78 Å². The van der Waals surface area contributed by atoms with E-state index in [1.165, 1.54) is 12.2 Å². The Kier molecular flexibility index (Phi) is 45.2. The van der Waals surface area contributed by atoms with Crippen molar-refractivity contribution in [1.82, 2.24) is 0 Å². The third-order valence-electron chi connectivity index (χ3n) is 2.77. The maximum absolute atomic E-state index is 11.8. The van der Waals surface area contributed by atoms with Gasteiger partial charge in [0.1, 0.15) is 24.2 Å². The summed E-state index contributed by atoms with van der Waals surface area (Å²) in [5, 5.41) is 0. The monoisotopic (exact) mass is 515 g/mol. The summed E-state index contributed by atoms with van der Waals surface area (Å²) in [5.74, 6) is -1.29. The van der Waals surface area contributed by atoms with Gasteiger partial charge in [0.2, 0.25) is 0 Å². The average Bonchev–Trinajstić information content (AvgIpc) is 2.86. The molecule has 0 aromatic heterocycles. The molecule has 0 saturated heterocycles. The molecule has 0 radical (unpaired) electrons. The summed E-state index contributed by atoms with van der Waals surface area (Å²) in [6, 6.07) is 0. The van der Waals surface area contributed by atoms with E-state index in [4.69, 9.17) is 5.73 Å². The molecule has 0 saturated carbocycles. The molecule has 0 unspecified atom stereocenters. The van der Waals surface area contributed by atoms with Crippen LogP contribution >= 0.6 is 0 Å². The van der Waals surface area contributed by atoms with Gasteiger partial charge in [-0.15, -0.1) is 26.3 Å². The Morgan fingerprint density at radius 1 is 0.730 bits per heavy atom. The molecule has 0 spiro atoms. The maximum atomic E-state index is 11.8. The van der Waals surface area contributed by atoms with Gasteiger partial charge in [0.05, 0.1) is 0 Å². The highest BCUT2D eigenvalue weighted by molar-refractivity contribution is 6.11. The molecule has 0 aliphatic heterocycles. The van der Waals surface area contributed by atoms with Crippen molar-refractivity contribution in [3.8, 4) is 0 Å². The molecule has 0 aliphatic carbocycles. The fourth-order valence-corrected chi connectivity index (χ4v) is 1.30. The van der Waals surface area contributed by atoms with E-state index in [0.29, 0.717) is 30.3 Å². The molecule has 204 valence electrons. The number of nitrogens with two attached hydrogens (primary N) is 1. The van der Waals surface area contributed by atoms with Crippen LogP contribution in [0.4, 0.5) is 8.78 Å². The Morgan fingerprint density at radius 3 is 1.54 bits per heavy atom. The van der Waals surface area contributed by atoms with Crippen molar-refractivity contribution in [2.75, 3.05) is 6.54 Å². The van der Waals surface area contributed by atoms with Gasteiger partial charge >= 0.3 is 0 Å². The Hall–Kier alpha value is -4.29. The highest BCUT2D eigenvalue weighted by Gasteiger charge is 2.05. The lowest BCUT2D eigenvalue weighted by Crippen LogP contribution is -2.01. The van der Waals surface area contributed by atoms with Crippen molar-refractivity contribution < 1.29 is 23.2 Å². The Bertz CT molecular complexity index is 871. The zero-order chi connectivity index (χ0) is 29.5. The second-order valence-corrected chi connectivity index (χ2v) is 5.92. The van der Waals surface area contributed by atoms with Crippen LogP contribution in [0.2, 0.25) is 0 Å². The molecule has 37 heavy (non-hydrogen) atoms. The molecule has 0 aromatic carbocycles. The van der Waals surface area contributed by atoms with Crippen LogP contribution in [0.15, 0.2) is 148 Å². The standard InChI is InChI=1S/C13H17NO.C7H7FO.C6H7FO.2C2H4.CH4/c1-10(2)7-8-12(4)13(15)11(3)6-5-9-14;1-6(5-9)3-4-7(2)8;1-6(7)4-2-3-5-8;2*1-2;/h5-8H,1,3-4,9,14H2,2H3;3-5H,1-2H2;2,4-5H,1,3H2;2*1-2H2;1H4/b6-5-,8-7-;4-3-;4-2-;;;. The van der Waals surface area contributed by atoms with Gasteiger partial charge in [-0.2, -0.15) is 0 Å². The minimum absolute atomic E-state index is 0. The summed E-state index contributed by atoms with van der Waals surface area (Å²) in [4.78, 5) is 31.0. The molecule has 6 heteroatoms. The number of allylic oxidation sites excluding steroid dienone is 13. The van der Waals surface area contributed by atoms with Gasteiger partial charge in [-0.05, 0) is 25.2 Å². The lowest BCUT2D eigenvalue weighted by Gasteiger charge is -1.98. The quantitative estimate of drug-likeness (QED) is 0.124. The minimum atomic E-state index is -0.585. The van der Waals surface area contributed by atoms with Crippen LogP contribution in [0, 0.1) is 0 Å². The predicted octanol–water partition coefficient (Wildman–Crippen LogP) is 7.95. The van der Waals surface area contributed by atoms with Gasteiger partial charge in [-0.25, -0.2) is 8.78 Å². The third kappa shape index (κ3) is 45.8. The molecule has 0 aromatic rings. The molecular formula is C31H43F2NO3. The van der Waals surface area contributed by atoms with Crippen molar-refractivity contribution in [1.29, 1.82) is 0 Å². The summed E-state index contributed by atoms with van der Waals surface area (Å²) in [7, 11) is 0. The van der Waals surface area contributed by atoms with E-state index < -0.39 is 11.7 Å². The number of carbonyl (C=O) groups excluding carboxylic acids is 3. The third-order valence-corrected chi connectivity index (χ3v) is 2.77. The van der Waals surface area contributed by atoms with E-state index in [0.717, 1.165) is 17.7 Å². The van der Waals surface area contributed by atoms with Gasteiger partial charge in [0.25, 0.3) is 0 Å². The van der Waals surface area contributed by atoms with Crippen molar-refractivity contribution >= 4 is 18.4 Å². The minimum Gasteiger partial charge on any atom is -0.327 e. The summed E-state index contributed by atoms with van der Waals surface area (Å²) in [6.45, 7) is 34.4. The predicted molar refractivity (Wildman–Crippen MR) is 159 cm³/mol. The first-order valence-electron chi connectivity index (χ1n) is 10.2. The lowest BCUT2D eigenvalue weighted by atomic mass is 10.1. The molecule has 0 amide bonds. The molecule has 0 rings (SSSR count). The van der Waals surface area contributed by atoms with Gasteiger partial charge < -0.3 is 10.5 Å². The van der Waals surface area contributed by atoms with Crippen LogP contribution in [0.5, 0.6) is 0 Å². The summed E-state index contributed by atoms with van der Waals surface area (Å²) in [5.41, 5.74) is 7.14. The lowest BCUT2D eigenvalue weighted by molar-refractivity contribution is -0.111.